The molecule has 0 aromatic carbocycles. The Labute approximate surface area is 86.1 Å². The molecule has 13 heteroatoms. The zero-order chi connectivity index (χ0) is 10.8. The van der Waals surface area contributed by atoms with Crippen LogP contribution in [-0.2, 0) is 21.7 Å². The summed E-state index contributed by atoms with van der Waals surface area (Å²) >= 11 is 0. The van der Waals surface area contributed by atoms with Crippen molar-refractivity contribution in [2.24, 2.45) is 0 Å². The molecule has 0 aliphatic heterocycles. The normalized spacial score (nSPS) is 2.46. The maximum absolute atomic E-state index is 6.86. The molecular formula is HN12Ti-3. The molecule has 68 valence electrons. The maximum Gasteiger partial charge on any atom is 0 e. The van der Waals surface area contributed by atoms with Crippen LogP contribution in [0.2, 0.25) is 0 Å². The number of rotatable bonds is 0. The molecule has 13 heavy (non-hydrogen) atoms. The summed E-state index contributed by atoms with van der Waals surface area (Å²) in [5.41, 5.74) is 52.8. The van der Waals surface area contributed by atoms with Gasteiger partial charge in [0.05, 0.1) is 0 Å². The van der Waals surface area contributed by atoms with Crippen molar-refractivity contribution in [3.8, 4) is 0 Å². The van der Waals surface area contributed by atoms with E-state index in [2.05, 4.69) is 0 Å². The third kappa shape index (κ3) is 150. The van der Waals surface area contributed by atoms with Gasteiger partial charge in [0, 0.05) is 21.7 Å². The van der Waals surface area contributed by atoms with Crippen molar-refractivity contribution in [1.29, 1.82) is 5.53 Å². The summed E-state index contributed by atoms with van der Waals surface area (Å²) < 4.78 is 0. The molecule has 1 N–H and O–H groups in total. The van der Waals surface area contributed by atoms with Crippen LogP contribution in [-0.4, -0.2) is 0 Å². The van der Waals surface area contributed by atoms with Crippen LogP contribution in [0.4, 0.5) is 0 Å². The summed E-state index contributed by atoms with van der Waals surface area (Å²) in [6.07, 6.45) is 0. The molecule has 0 amide bonds. The molecule has 0 fully saturated rings. The van der Waals surface area contributed by atoms with E-state index in [1.807, 2.05) is 0 Å². The van der Waals surface area contributed by atoms with Crippen molar-refractivity contribution in [3.63, 3.8) is 0 Å². The van der Waals surface area contributed by atoms with Gasteiger partial charge >= 0.3 is 0 Å². The van der Waals surface area contributed by atoms with Crippen molar-refractivity contribution in [2.45, 2.75) is 0 Å². The van der Waals surface area contributed by atoms with Crippen molar-refractivity contribution < 1.29 is 21.7 Å². The van der Waals surface area contributed by atoms with Crippen LogP contribution < -0.4 is 0 Å². The van der Waals surface area contributed by atoms with Crippen molar-refractivity contribution in [2.75, 3.05) is 0 Å². The first-order chi connectivity index (χ1) is 5.66. The van der Waals surface area contributed by atoms with Gasteiger partial charge in [0.25, 0.3) is 0 Å². The Kier molecular flexibility index (Phi) is 492. The average molecular weight is 217 g/mol. The Bertz CT molecular complexity index is 137. The molecule has 0 aromatic rings. The van der Waals surface area contributed by atoms with Gasteiger partial charge in [-0.1, -0.05) is 0 Å². The second-order valence-corrected chi connectivity index (χ2v) is 0.368. The van der Waals surface area contributed by atoms with E-state index in [0.717, 1.165) is 0 Å². The van der Waals surface area contributed by atoms with Crippen LogP contribution in [0.1, 0.15) is 0 Å². The van der Waals surface area contributed by atoms with Crippen molar-refractivity contribution in [1.82, 2.24) is 0 Å². The largest absolute Gasteiger partial charge is 0.373 e. The molecule has 0 saturated carbocycles. The van der Waals surface area contributed by atoms with Gasteiger partial charge < -0.3 is 33.2 Å². The molecule has 0 radical (unpaired) electrons. The van der Waals surface area contributed by atoms with Crippen LogP contribution in [0.15, 0.2) is 0 Å². The number of hydrogen-bond acceptors (Lipinski definition) is 1. The third-order valence-corrected chi connectivity index (χ3v) is 0. The molecule has 0 heterocycles. The van der Waals surface area contributed by atoms with Crippen LogP contribution in [0, 0.1) is 5.53 Å². The minimum atomic E-state index is 0. The minimum absolute atomic E-state index is 0. The van der Waals surface area contributed by atoms with Gasteiger partial charge in [0.1, 0.15) is 0 Å². The molecular weight excluding hydrogens is 216 g/mol. The van der Waals surface area contributed by atoms with Gasteiger partial charge in [-0.15, -0.1) is 5.53 Å². The molecule has 0 aliphatic carbocycles. The van der Waals surface area contributed by atoms with Gasteiger partial charge in [-0.3, -0.25) is 14.7 Å². The fourth-order valence-electron chi connectivity index (χ4n) is 0. The van der Waals surface area contributed by atoms with Gasteiger partial charge in [-0.05, 0) is 10.4 Å². The summed E-state index contributed by atoms with van der Waals surface area (Å²) in [6.45, 7) is 0. The van der Waals surface area contributed by atoms with Gasteiger partial charge in [-0.2, -0.15) is 0 Å². The fourth-order valence-corrected chi connectivity index (χ4v) is 0. The SMILES string of the molecule is [N-]=[N+]=N.[N-]=[N+]=[N-].[N-]=[N+]=[N-].[N-]=[N+]=[N-].[Ti]. The van der Waals surface area contributed by atoms with Gasteiger partial charge in [0.2, 0.25) is 0 Å². The van der Waals surface area contributed by atoms with Crippen molar-refractivity contribution >= 4 is 0 Å². The molecule has 0 aliphatic rings. The van der Waals surface area contributed by atoms with Crippen LogP contribution >= 0.6 is 0 Å². The third-order valence-electron chi connectivity index (χ3n) is 0. The zero-order valence-electron chi connectivity index (χ0n) is 5.92. The Morgan fingerprint density at radius 3 is 0.615 bits per heavy atom. The molecule has 0 atom stereocenters. The summed E-state index contributed by atoms with van der Waals surface area (Å²) in [5, 5.41) is 0. The summed E-state index contributed by atoms with van der Waals surface area (Å²) in [5.74, 6) is 0. The van der Waals surface area contributed by atoms with E-state index in [9.17, 15) is 0 Å². The number of hydrogen-bond donors (Lipinski definition) is 1. The van der Waals surface area contributed by atoms with Crippen LogP contribution in [0.5, 0.6) is 0 Å². The summed E-state index contributed by atoms with van der Waals surface area (Å²) in [7, 11) is 0. The molecule has 0 bridgehead atoms. The first-order valence-corrected chi connectivity index (χ1v) is 1.62. The van der Waals surface area contributed by atoms with E-state index in [0.29, 0.717) is 0 Å². The second-order valence-electron chi connectivity index (χ2n) is 0.368. The average Bonchev–Trinajstić information content (AvgIpc) is 1.92. The quantitative estimate of drug-likeness (QED) is 0.265. The van der Waals surface area contributed by atoms with Gasteiger partial charge in [-0.25, -0.2) is 0 Å². The topological polar surface area (TPSA) is 236 Å². The zero-order valence-corrected chi connectivity index (χ0v) is 7.48. The smallest absolute Gasteiger partial charge is 0 e. The first-order valence-electron chi connectivity index (χ1n) is 1.62. The standard InChI is InChI=1S/HN3.3N3.Ti/c4*1-3-2;/h1H;;;;/q;3*-1;. The van der Waals surface area contributed by atoms with Crippen LogP contribution in [0.25, 0.3) is 58.4 Å². The van der Waals surface area contributed by atoms with E-state index in [1.165, 1.54) is 14.7 Å². The number of nitrogens with one attached hydrogen (secondary N) is 1. The fraction of sp³-hybridized carbons (Fsp3) is 0. The van der Waals surface area contributed by atoms with E-state index in [1.54, 1.807) is 4.91 Å². The van der Waals surface area contributed by atoms with Crippen molar-refractivity contribution in [3.05, 3.63) is 58.4 Å². The minimum Gasteiger partial charge on any atom is -0.373 e. The maximum atomic E-state index is 6.86. The Morgan fingerprint density at radius 2 is 0.615 bits per heavy atom. The molecule has 0 aromatic heterocycles. The predicted molar refractivity (Wildman–Crippen MR) is 39.7 cm³/mol. The van der Waals surface area contributed by atoms with E-state index >= 15 is 0 Å². The second kappa shape index (κ2) is 209. The first kappa shape index (κ1) is 30.6. The van der Waals surface area contributed by atoms with E-state index < -0.39 is 0 Å². The Hall–Kier alpha value is -2.05. The monoisotopic (exact) mass is 217 g/mol. The van der Waals surface area contributed by atoms with E-state index in [4.69, 9.17) is 44.2 Å². The molecule has 0 rings (SSSR count). The molecule has 12 nitrogen and oxygen atoms in total. The van der Waals surface area contributed by atoms with Gasteiger partial charge in [0.15, 0.2) is 0 Å². The molecule has 0 unspecified atom stereocenters. The number of nitrogens with zero attached hydrogens (tertiary/aromatic N) is 11. The summed E-state index contributed by atoms with van der Waals surface area (Å²) in [4.78, 5) is 6.25. The van der Waals surface area contributed by atoms with E-state index in [-0.39, 0.29) is 21.7 Å². The molecule has 0 spiro atoms. The van der Waals surface area contributed by atoms with Crippen LogP contribution in [0.3, 0.4) is 0 Å². The Morgan fingerprint density at radius 1 is 0.615 bits per heavy atom. The Balaban J connectivity index is -0.0000000213. The predicted octanol–water partition coefficient (Wildman–Crippen LogP) is 3.47. The molecule has 0 saturated heterocycles. The summed E-state index contributed by atoms with van der Waals surface area (Å²) in [6, 6.07) is 0.